The Hall–Kier alpha value is -0.770. The average Bonchev–Trinajstić information content (AvgIpc) is 2.32. The summed E-state index contributed by atoms with van der Waals surface area (Å²) < 4.78 is 0. The molecule has 3 nitrogen and oxygen atoms in total. The first kappa shape index (κ1) is 9.32. The molecule has 1 rings (SSSR count). The Labute approximate surface area is 74.8 Å². The maximum absolute atomic E-state index is 11.0. The van der Waals surface area contributed by atoms with Crippen molar-refractivity contribution in [2.24, 2.45) is 0 Å². The third kappa shape index (κ3) is 1.69. The van der Waals surface area contributed by atoms with E-state index in [2.05, 4.69) is 0 Å². The van der Waals surface area contributed by atoms with E-state index in [-0.39, 0.29) is 28.0 Å². The first-order valence-electron chi connectivity index (χ1n) is 3.79. The van der Waals surface area contributed by atoms with Crippen molar-refractivity contribution in [1.29, 1.82) is 0 Å². The van der Waals surface area contributed by atoms with Crippen molar-refractivity contribution >= 4 is 22.7 Å². The largest absolute Gasteiger partial charge is 0.511 e. The zero-order valence-corrected chi connectivity index (χ0v) is 7.61. The second-order valence-corrected chi connectivity index (χ2v) is 3.52. The predicted molar refractivity (Wildman–Crippen MR) is 47.0 cm³/mol. The monoisotopic (exact) mass is 186 g/mol. The maximum atomic E-state index is 11.0. The normalized spacial score (nSPS) is 21.8. The first-order valence-corrected chi connectivity index (χ1v) is 4.77. The van der Waals surface area contributed by atoms with Crippen LogP contribution < -0.4 is 0 Å². The van der Waals surface area contributed by atoms with Crippen molar-refractivity contribution in [2.45, 2.75) is 19.8 Å². The van der Waals surface area contributed by atoms with Crippen LogP contribution in [0.25, 0.3) is 0 Å². The summed E-state index contributed by atoms with van der Waals surface area (Å²) in [4.78, 5) is 22.1. The Balaban J connectivity index is 2.90. The van der Waals surface area contributed by atoms with Gasteiger partial charge in [-0.05, 0) is 6.42 Å². The van der Waals surface area contributed by atoms with Gasteiger partial charge in [0.1, 0.15) is 11.3 Å². The van der Waals surface area contributed by atoms with Crippen LogP contribution in [0.4, 0.5) is 0 Å². The number of carbonyl (C=O) groups excluding carboxylic acids is 2. The molecule has 1 N–H and O–H groups in total. The molecule has 0 spiro atoms. The van der Waals surface area contributed by atoms with Crippen molar-refractivity contribution in [1.82, 2.24) is 0 Å². The van der Waals surface area contributed by atoms with Crippen LogP contribution in [0.15, 0.2) is 11.3 Å². The predicted octanol–water partition coefficient (Wildman–Crippen LogP) is 1.44. The molecule has 1 saturated heterocycles. The van der Waals surface area contributed by atoms with Crippen molar-refractivity contribution in [3.05, 3.63) is 11.3 Å². The summed E-state index contributed by atoms with van der Waals surface area (Å²) in [5, 5.41) is 9.03. The van der Waals surface area contributed by atoms with E-state index in [1.54, 1.807) is 0 Å². The van der Waals surface area contributed by atoms with E-state index in [4.69, 9.17) is 0 Å². The fourth-order valence-electron chi connectivity index (χ4n) is 1.03. The van der Waals surface area contributed by atoms with Crippen LogP contribution in [0.1, 0.15) is 19.8 Å². The van der Waals surface area contributed by atoms with E-state index < -0.39 is 0 Å². The number of aliphatic hydroxyl groups excluding tert-OH is 1. The molecular formula is C8H10O3S. The highest BCUT2D eigenvalue weighted by molar-refractivity contribution is 8.15. The molecule has 0 atom stereocenters. The van der Waals surface area contributed by atoms with Crippen molar-refractivity contribution in [3.63, 3.8) is 0 Å². The van der Waals surface area contributed by atoms with Gasteiger partial charge in [-0.25, -0.2) is 0 Å². The summed E-state index contributed by atoms with van der Waals surface area (Å²) in [7, 11) is 0. The standard InChI is InChI=1S/C8H10O3S/c1-2-3-5(9)7-6(10)4-12-8(7)11/h9H,2-4H2,1H3. The molecule has 1 fully saturated rings. The zero-order valence-electron chi connectivity index (χ0n) is 6.79. The quantitative estimate of drug-likeness (QED) is 0.403. The van der Waals surface area contributed by atoms with E-state index in [1.165, 1.54) is 0 Å². The molecule has 1 aliphatic rings. The molecule has 0 amide bonds. The van der Waals surface area contributed by atoms with Crippen molar-refractivity contribution < 1.29 is 14.7 Å². The van der Waals surface area contributed by atoms with E-state index >= 15 is 0 Å². The number of hydrogen-bond donors (Lipinski definition) is 1. The fraction of sp³-hybridized carbons (Fsp3) is 0.500. The smallest absolute Gasteiger partial charge is 0.226 e. The highest BCUT2D eigenvalue weighted by Gasteiger charge is 2.30. The van der Waals surface area contributed by atoms with Gasteiger partial charge in [0, 0.05) is 6.42 Å². The van der Waals surface area contributed by atoms with Crippen LogP contribution in [0.5, 0.6) is 0 Å². The Morgan fingerprint density at radius 1 is 1.58 bits per heavy atom. The SMILES string of the molecule is CCCC(O)=C1C(=O)CSC1=O. The number of rotatable bonds is 2. The molecule has 0 aliphatic carbocycles. The lowest BCUT2D eigenvalue weighted by molar-refractivity contribution is -0.115. The molecular weight excluding hydrogens is 176 g/mol. The topological polar surface area (TPSA) is 54.4 Å². The molecule has 0 aromatic heterocycles. The molecule has 12 heavy (non-hydrogen) atoms. The van der Waals surface area contributed by atoms with Crippen LogP contribution in [-0.2, 0) is 9.59 Å². The lowest BCUT2D eigenvalue weighted by Crippen LogP contribution is -2.05. The molecule has 0 unspecified atom stereocenters. The summed E-state index contributed by atoms with van der Waals surface area (Å²) in [5.41, 5.74) is 0.0156. The Bertz CT molecular complexity index is 237. The van der Waals surface area contributed by atoms with Gasteiger partial charge >= 0.3 is 0 Å². The van der Waals surface area contributed by atoms with Crippen LogP contribution >= 0.6 is 11.8 Å². The lowest BCUT2D eigenvalue weighted by Gasteiger charge is -1.98. The van der Waals surface area contributed by atoms with E-state index in [0.717, 1.165) is 18.2 Å². The van der Waals surface area contributed by atoms with Crippen LogP contribution in [0.2, 0.25) is 0 Å². The number of allylic oxidation sites excluding steroid dienone is 1. The van der Waals surface area contributed by atoms with E-state index in [9.17, 15) is 14.7 Å². The van der Waals surface area contributed by atoms with Gasteiger partial charge in [-0.15, -0.1) is 0 Å². The Kier molecular flexibility index (Phi) is 2.92. The van der Waals surface area contributed by atoms with Gasteiger partial charge in [0.25, 0.3) is 0 Å². The third-order valence-electron chi connectivity index (χ3n) is 1.59. The molecule has 66 valence electrons. The van der Waals surface area contributed by atoms with Crippen molar-refractivity contribution in [2.75, 3.05) is 5.75 Å². The number of ketones is 1. The van der Waals surface area contributed by atoms with E-state index in [0.29, 0.717) is 6.42 Å². The molecule has 0 aromatic rings. The highest BCUT2D eigenvalue weighted by Crippen LogP contribution is 2.25. The first-order chi connectivity index (χ1) is 5.66. The summed E-state index contributed by atoms with van der Waals surface area (Å²) in [6, 6.07) is 0. The summed E-state index contributed by atoms with van der Waals surface area (Å²) in [6.45, 7) is 1.88. The zero-order chi connectivity index (χ0) is 9.14. The number of aliphatic hydroxyl groups is 1. The lowest BCUT2D eigenvalue weighted by atomic mass is 10.1. The van der Waals surface area contributed by atoms with Gasteiger partial charge in [-0.2, -0.15) is 0 Å². The summed E-state index contributed by atoms with van der Waals surface area (Å²) >= 11 is 0.961. The summed E-state index contributed by atoms with van der Waals surface area (Å²) in [6.07, 6.45) is 1.15. The Morgan fingerprint density at radius 3 is 2.67 bits per heavy atom. The fourth-order valence-corrected chi connectivity index (χ4v) is 1.81. The van der Waals surface area contributed by atoms with Gasteiger partial charge in [-0.3, -0.25) is 9.59 Å². The third-order valence-corrected chi connectivity index (χ3v) is 2.47. The molecule has 0 aromatic carbocycles. The van der Waals surface area contributed by atoms with Crippen LogP contribution in [-0.4, -0.2) is 21.8 Å². The maximum Gasteiger partial charge on any atom is 0.226 e. The minimum Gasteiger partial charge on any atom is -0.511 e. The van der Waals surface area contributed by atoms with Gasteiger partial charge in [0.05, 0.1) is 5.75 Å². The number of Topliss-reactive ketones (excluding diaryl/α,β-unsaturated/α-hetero) is 1. The number of thioether (sulfide) groups is 1. The second kappa shape index (κ2) is 3.76. The Morgan fingerprint density at radius 2 is 2.25 bits per heavy atom. The molecule has 1 aliphatic heterocycles. The van der Waals surface area contributed by atoms with Crippen LogP contribution in [0.3, 0.4) is 0 Å². The minimum absolute atomic E-state index is 0.0156. The highest BCUT2D eigenvalue weighted by atomic mass is 32.2. The van der Waals surface area contributed by atoms with E-state index in [1.807, 2.05) is 6.92 Å². The van der Waals surface area contributed by atoms with Gasteiger partial charge in [-0.1, -0.05) is 18.7 Å². The summed E-state index contributed by atoms with van der Waals surface area (Å²) in [5.74, 6) is -0.101. The average molecular weight is 186 g/mol. The molecule has 1 heterocycles. The number of carbonyl (C=O) groups is 2. The van der Waals surface area contributed by atoms with Gasteiger partial charge in [0.2, 0.25) is 5.12 Å². The van der Waals surface area contributed by atoms with Gasteiger partial charge < -0.3 is 5.11 Å². The molecule has 0 bridgehead atoms. The molecule has 4 heteroatoms. The van der Waals surface area contributed by atoms with Gasteiger partial charge in [0.15, 0.2) is 5.78 Å². The number of hydrogen-bond acceptors (Lipinski definition) is 4. The molecule has 0 saturated carbocycles. The van der Waals surface area contributed by atoms with Crippen LogP contribution in [0, 0.1) is 0 Å². The van der Waals surface area contributed by atoms with Crippen molar-refractivity contribution in [3.8, 4) is 0 Å². The molecule has 0 radical (unpaired) electrons. The minimum atomic E-state index is -0.286. The second-order valence-electron chi connectivity index (χ2n) is 2.57.